The summed E-state index contributed by atoms with van der Waals surface area (Å²) in [4.78, 5) is 4.31. The Morgan fingerprint density at radius 2 is 1.90 bits per heavy atom. The lowest BCUT2D eigenvalue weighted by Crippen LogP contribution is -2.45. The lowest BCUT2D eigenvalue weighted by atomic mass is 9.94. The Bertz CT molecular complexity index is 522. The van der Waals surface area contributed by atoms with Crippen molar-refractivity contribution in [3.05, 3.63) is 18.3 Å². The van der Waals surface area contributed by atoms with Crippen LogP contribution in [0.3, 0.4) is 0 Å². The Morgan fingerprint density at radius 3 is 2.30 bits per heavy atom. The molecule has 1 aromatic heterocycles. The van der Waals surface area contributed by atoms with Crippen LogP contribution < -0.4 is 11.1 Å². The van der Waals surface area contributed by atoms with Gasteiger partial charge in [0, 0.05) is 32.4 Å². The molecule has 1 aromatic rings. The monoisotopic (exact) mass is 300 g/mol. The summed E-state index contributed by atoms with van der Waals surface area (Å²) < 4.78 is 25.0. The highest BCUT2D eigenvalue weighted by molar-refractivity contribution is 7.89. The van der Waals surface area contributed by atoms with E-state index in [9.17, 15) is 8.42 Å². The molecule has 0 aliphatic heterocycles. The average molecular weight is 300 g/mol. The Hall–Kier alpha value is -1.18. The fraction of sp³-hybridized carbons (Fsp3) is 0.615. The summed E-state index contributed by atoms with van der Waals surface area (Å²) in [5, 5.41) is 3.15. The van der Waals surface area contributed by atoms with Crippen LogP contribution in [0.15, 0.2) is 23.2 Å². The van der Waals surface area contributed by atoms with Crippen LogP contribution in [-0.4, -0.2) is 43.9 Å². The molecule has 0 unspecified atom stereocenters. The van der Waals surface area contributed by atoms with E-state index < -0.39 is 10.0 Å². The first-order valence-corrected chi connectivity index (χ1v) is 8.10. The summed E-state index contributed by atoms with van der Waals surface area (Å²) in [6, 6.07) is 3.20. The SMILES string of the molecule is CCC(N)(CC)CNc1ccc(S(=O)(=O)N(C)C)cn1. The third-order valence-corrected chi connectivity index (χ3v) is 5.34. The second-order valence-electron chi connectivity index (χ2n) is 5.09. The quantitative estimate of drug-likeness (QED) is 0.791. The van der Waals surface area contributed by atoms with Crippen LogP contribution in [0.5, 0.6) is 0 Å². The summed E-state index contributed by atoms with van der Waals surface area (Å²) in [7, 11) is -0.442. The van der Waals surface area contributed by atoms with Gasteiger partial charge in [-0.1, -0.05) is 13.8 Å². The van der Waals surface area contributed by atoms with E-state index in [-0.39, 0.29) is 10.4 Å². The van der Waals surface area contributed by atoms with Crippen LogP contribution >= 0.6 is 0 Å². The molecule has 114 valence electrons. The van der Waals surface area contributed by atoms with Crippen molar-refractivity contribution >= 4 is 15.8 Å². The Labute approximate surface area is 121 Å². The van der Waals surface area contributed by atoms with Gasteiger partial charge < -0.3 is 11.1 Å². The molecule has 20 heavy (non-hydrogen) atoms. The van der Waals surface area contributed by atoms with E-state index in [1.165, 1.54) is 20.3 Å². The second-order valence-corrected chi connectivity index (χ2v) is 7.24. The van der Waals surface area contributed by atoms with Crippen molar-refractivity contribution in [1.29, 1.82) is 0 Å². The minimum absolute atomic E-state index is 0.179. The number of hydrogen-bond acceptors (Lipinski definition) is 5. The minimum atomic E-state index is -3.43. The maximum absolute atomic E-state index is 11.9. The third-order valence-electron chi connectivity index (χ3n) is 3.54. The molecule has 0 aliphatic rings. The first-order valence-electron chi connectivity index (χ1n) is 6.66. The highest BCUT2D eigenvalue weighted by atomic mass is 32.2. The molecule has 0 radical (unpaired) electrons. The number of nitrogens with two attached hydrogens (primary N) is 1. The predicted molar refractivity (Wildman–Crippen MR) is 81.1 cm³/mol. The highest BCUT2D eigenvalue weighted by Crippen LogP contribution is 2.16. The number of sulfonamides is 1. The largest absolute Gasteiger partial charge is 0.368 e. The molecule has 7 heteroatoms. The van der Waals surface area contributed by atoms with Gasteiger partial charge >= 0.3 is 0 Å². The molecular formula is C13H24N4O2S. The van der Waals surface area contributed by atoms with Gasteiger partial charge in [-0.3, -0.25) is 0 Å². The first-order chi connectivity index (χ1) is 9.25. The van der Waals surface area contributed by atoms with Gasteiger partial charge in [-0.15, -0.1) is 0 Å². The molecule has 0 aromatic carbocycles. The van der Waals surface area contributed by atoms with Gasteiger partial charge in [0.1, 0.15) is 10.7 Å². The van der Waals surface area contributed by atoms with Crippen molar-refractivity contribution in [2.45, 2.75) is 37.1 Å². The van der Waals surface area contributed by atoms with Gasteiger partial charge in [0.05, 0.1) is 0 Å². The maximum Gasteiger partial charge on any atom is 0.244 e. The summed E-state index contributed by atoms with van der Waals surface area (Å²) >= 11 is 0. The molecule has 3 N–H and O–H groups in total. The summed E-state index contributed by atoms with van der Waals surface area (Å²) in [5.74, 6) is 0.624. The molecule has 0 aliphatic carbocycles. The van der Waals surface area contributed by atoms with Crippen LogP contribution in [0.1, 0.15) is 26.7 Å². The maximum atomic E-state index is 11.9. The lowest BCUT2D eigenvalue weighted by Gasteiger charge is -2.27. The standard InChI is InChI=1S/C13H24N4O2S/c1-5-13(14,6-2)10-16-12-8-7-11(9-15-12)20(18,19)17(3)4/h7-9H,5-6,10,14H2,1-4H3,(H,15,16). The van der Waals surface area contributed by atoms with Gasteiger partial charge in [0.15, 0.2) is 0 Å². The number of pyridine rings is 1. The van der Waals surface area contributed by atoms with Gasteiger partial charge in [0.2, 0.25) is 10.0 Å². The van der Waals surface area contributed by atoms with E-state index in [4.69, 9.17) is 5.73 Å². The minimum Gasteiger partial charge on any atom is -0.368 e. The van der Waals surface area contributed by atoms with E-state index in [1.807, 2.05) is 13.8 Å². The van der Waals surface area contributed by atoms with Crippen molar-refractivity contribution in [2.24, 2.45) is 5.73 Å². The van der Waals surface area contributed by atoms with Gasteiger partial charge in [0.25, 0.3) is 0 Å². The van der Waals surface area contributed by atoms with Crippen LogP contribution in [0.25, 0.3) is 0 Å². The van der Waals surface area contributed by atoms with Crippen molar-refractivity contribution in [1.82, 2.24) is 9.29 Å². The fourth-order valence-corrected chi connectivity index (χ4v) is 2.46. The summed E-state index contributed by atoms with van der Waals surface area (Å²) in [6.07, 6.45) is 3.08. The molecular weight excluding hydrogens is 276 g/mol. The lowest BCUT2D eigenvalue weighted by molar-refractivity contribution is 0.418. The molecule has 1 rings (SSSR count). The zero-order valence-corrected chi connectivity index (χ0v) is 13.4. The number of nitrogens with one attached hydrogen (secondary N) is 1. The second kappa shape index (κ2) is 6.51. The number of rotatable bonds is 7. The van der Waals surface area contributed by atoms with Crippen LogP contribution in [0.4, 0.5) is 5.82 Å². The van der Waals surface area contributed by atoms with E-state index in [0.29, 0.717) is 12.4 Å². The molecule has 6 nitrogen and oxygen atoms in total. The summed E-state index contributed by atoms with van der Waals surface area (Å²) in [6.45, 7) is 4.70. The van der Waals surface area contributed by atoms with Crippen molar-refractivity contribution in [3.63, 3.8) is 0 Å². The number of aromatic nitrogens is 1. The molecule has 1 heterocycles. The topological polar surface area (TPSA) is 88.3 Å². The number of anilines is 1. The normalized spacial score (nSPS) is 12.7. The van der Waals surface area contributed by atoms with E-state index in [2.05, 4.69) is 10.3 Å². The zero-order valence-electron chi connectivity index (χ0n) is 12.5. The molecule has 0 saturated heterocycles. The Balaban J connectivity index is 2.78. The molecule has 0 saturated carbocycles. The molecule has 0 fully saturated rings. The Morgan fingerprint density at radius 1 is 1.30 bits per heavy atom. The molecule has 0 spiro atoms. The van der Waals surface area contributed by atoms with Crippen molar-refractivity contribution in [2.75, 3.05) is 26.0 Å². The molecule has 0 bridgehead atoms. The average Bonchev–Trinajstić information content (AvgIpc) is 2.45. The molecule has 0 amide bonds. The number of hydrogen-bond donors (Lipinski definition) is 2. The first kappa shape index (κ1) is 16.9. The smallest absolute Gasteiger partial charge is 0.244 e. The predicted octanol–water partition coefficient (Wildman–Crippen LogP) is 1.26. The van der Waals surface area contributed by atoms with Crippen LogP contribution in [-0.2, 0) is 10.0 Å². The third kappa shape index (κ3) is 3.91. The van der Waals surface area contributed by atoms with Gasteiger partial charge in [-0.05, 0) is 25.0 Å². The Kier molecular flexibility index (Phi) is 5.50. The zero-order chi connectivity index (χ0) is 15.4. The molecule has 0 atom stereocenters. The highest BCUT2D eigenvalue weighted by Gasteiger charge is 2.20. The summed E-state index contributed by atoms with van der Waals surface area (Å²) in [5.41, 5.74) is 5.92. The van der Waals surface area contributed by atoms with E-state index in [1.54, 1.807) is 12.1 Å². The van der Waals surface area contributed by atoms with Crippen LogP contribution in [0.2, 0.25) is 0 Å². The fourth-order valence-electron chi connectivity index (χ4n) is 1.61. The van der Waals surface area contributed by atoms with Gasteiger partial charge in [-0.25, -0.2) is 17.7 Å². The van der Waals surface area contributed by atoms with Crippen LogP contribution in [0, 0.1) is 0 Å². The van der Waals surface area contributed by atoms with Gasteiger partial charge in [-0.2, -0.15) is 0 Å². The van der Waals surface area contributed by atoms with Crippen molar-refractivity contribution < 1.29 is 8.42 Å². The number of nitrogens with zero attached hydrogens (tertiary/aromatic N) is 2. The van der Waals surface area contributed by atoms with E-state index >= 15 is 0 Å². The van der Waals surface area contributed by atoms with Crippen molar-refractivity contribution in [3.8, 4) is 0 Å². The van der Waals surface area contributed by atoms with E-state index in [0.717, 1.165) is 17.1 Å².